The number of azo groups is 1. The van der Waals surface area contributed by atoms with Crippen molar-refractivity contribution >= 4 is 92.6 Å². The number of aryl methyl sites for hydroxylation is 1. The maximum Gasteiger partial charge on any atom is 2.00 e. The SMILES string of the molecule is Cc1nn(-c2cccc(S(=O)(=O)[O-])c2)c(O)c1N=Nc1cc(Cl)c(Cl)cc1S(=O)(=O)[O-].[Ca+2]. The maximum atomic E-state index is 11.5. The molecule has 0 saturated carbocycles. The molecule has 3 rings (SSSR count). The Bertz CT molecular complexity index is 1440. The fourth-order valence-electron chi connectivity index (χ4n) is 2.48. The minimum absolute atomic E-state index is 0. The third kappa shape index (κ3) is 5.79. The number of hydrogen-bond donors (Lipinski definition) is 1. The third-order valence-corrected chi connectivity index (χ3v) is 6.30. The fourth-order valence-corrected chi connectivity index (χ4v) is 3.99. The van der Waals surface area contributed by atoms with Gasteiger partial charge in [-0.25, -0.2) is 16.8 Å². The third-order valence-electron chi connectivity index (χ3n) is 3.88. The second-order valence-corrected chi connectivity index (χ2v) is 9.55. The van der Waals surface area contributed by atoms with E-state index in [1.165, 1.54) is 19.1 Å². The zero-order chi connectivity index (χ0) is 23.1. The van der Waals surface area contributed by atoms with E-state index in [4.69, 9.17) is 23.2 Å². The van der Waals surface area contributed by atoms with Gasteiger partial charge in [0.1, 0.15) is 25.9 Å². The number of benzene rings is 2. The molecule has 16 heteroatoms. The summed E-state index contributed by atoms with van der Waals surface area (Å²) in [5, 5.41) is 21.6. The molecule has 3 aromatic rings. The van der Waals surface area contributed by atoms with Crippen molar-refractivity contribution in [1.29, 1.82) is 0 Å². The number of rotatable bonds is 5. The van der Waals surface area contributed by atoms with Gasteiger partial charge >= 0.3 is 37.7 Å². The summed E-state index contributed by atoms with van der Waals surface area (Å²) in [6.07, 6.45) is 0. The van der Waals surface area contributed by atoms with Crippen molar-refractivity contribution in [2.75, 3.05) is 0 Å². The van der Waals surface area contributed by atoms with Crippen LogP contribution in [0, 0.1) is 6.92 Å². The molecule has 0 radical (unpaired) electrons. The maximum absolute atomic E-state index is 11.5. The molecule has 0 fully saturated rings. The van der Waals surface area contributed by atoms with Crippen LogP contribution in [0.5, 0.6) is 5.88 Å². The molecule has 0 amide bonds. The Hall–Kier alpha value is -1.29. The molecule has 0 spiro atoms. The second kappa shape index (κ2) is 9.91. The monoisotopic (exact) mass is 544 g/mol. The van der Waals surface area contributed by atoms with E-state index in [2.05, 4.69) is 15.3 Å². The number of hydrogen-bond acceptors (Lipinski definition) is 10. The Morgan fingerprint density at radius 2 is 1.62 bits per heavy atom. The summed E-state index contributed by atoms with van der Waals surface area (Å²) in [7, 11) is -9.72. The first-order valence-corrected chi connectivity index (χ1v) is 11.6. The second-order valence-electron chi connectivity index (χ2n) is 6.01. The van der Waals surface area contributed by atoms with Gasteiger partial charge in [0.15, 0.2) is 5.69 Å². The van der Waals surface area contributed by atoms with E-state index in [-0.39, 0.29) is 64.9 Å². The van der Waals surface area contributed by atoms with Crippen LogP contribution in [0.4, 0.5) is 11.4 Å². The molecule has 1 aromatic heterocycles. The number of halogens is 2. The largest absolute Gasteiger partial charge is 2.00 e. The number of aromatic nitrogens is 2. The first-order chi connectivity index (χ1) is 14.3. The molecule has 2 aromatic carbocycles. The quantitative estimate of drug-likeness (QED) is 0.289. The van der Waals surface area contributed by atoms with E-state index in [1.807, 2.05) is 0 Å². The zero-order valence-electron chi connectivity index (χ0n) is 15.9. The van der Waals surface area contributed by atoms with Crippen molar-refractivity contribution in [1.82, 2.24) is 9.78 Å². The number of aromatic hydroxyl groups is 1. The van der Waals surface area contributed by atoms with Gasteiger partial charge in [-0.2, -0.15) is 9.78 Å². The predicted molar refractivity (Wildman–Crippen MR) is 112 cm³/mol. The average Bonchev–Trinajstić information content (AvgIpc) is 2.95. The van der Waals surface area contributed by atoms with Gasteiger partial charge < -0.3 is 14.2 Å². The summed E-state index contributed by atoms with van der Waals surface area (Å²) < 4.78 is 69.0. The Balaban J connectivity index is 0.00000363. The minimum atomic E-state index is -4.97. The molecule has 0 unspecified atom stereocenters. The molecule has 11 nitrogen and oxygen atoms in total. The van der Waals surface area contributed by atoms with Gasteiger partial charge in [-0.1, -0.05) is 29.3 Å². The van der Waals surface area contributed by atoms with Crippen LogP contribution in [-0.4, -0.2) is 78.6 Å². The normalized spacial score (nSPS) is 12.2. The summed E-state index contributed by atoms with van der Waals surface area (Å²) in [5.74, 6) is -0.590. The molecule has 32 heavy (non-hydrogen) atoms. The first kappa shape index (κ1) is 27.0. The van der Waals surface area contributed by atoms with Crippen LogP contribution < -0.4 is 0 Å². The molecule has 0 aliphatic carbocycles. The first-order valence-electron chi connectivity index (χ1n) is 8.00. The smallest absolute Gasteiger partial charge is 0.744 e. The minimum Gasteiger partial charge on any atom is -0.744 e. The summed E-state index contributed by atoms with van der Waals surface area (Å²) in [6.45, 7) is 1.43. The van der Waals surface area contributed by atoms with Crippen molar-refractivity contribution in [3.63, 3.8) is 0 Å². The van der Waals surface area contributed by atoms with E-state index in [0.717, 1.165) is 28.9 Å². The topological polar surface area (TPSA) is 177 Å². The molecular weight excluding hydrogens is 535 g/mol. The van der Waals surface area contributed by atoms with Crippen LogP contribution in [0.1, 0.15) is 5.69 Å². The van der Waals surface area contributed by atoms with Crippen molar-refractivity contribution in [3.8, 4) is 11.6 Å². The van der Waals surface area contributed by atoms with Gasteiger partial charge in [0, 0.05) is 0 Å². The van der Waals surface area contributed by atoms with Crippen LogP contribution in [0.3, 0.4) is 0 Å². The standard InChI is InChI=1S/C16H12Cl2N4O7S2.Ca/c1-8-15(20-19-13-6-11(17)12(18)7-14(13)31(27,28)29)16(23)22(21-8)9-3-2-4-10(5-9)30(24,25)26;/h2-7,23H,1H3,(H,24,25,26)(H,27,28,29);/q;+2/p-2. The molecule has 0 saturated heterocycles. The molecule has 1 N–H and O–H groups in total. The van der Waals surface area contributed by atoms with Crippen molar-refractivity contribution in [3.05, 3.63) is 52.1 Å². The van der Waals surface area contributed by atoms with E-state index >= 15 is 0 Å². The molecule has 0 aliphatic heterocycles. The van der Waals surface area contributed by atoms with Crippen LogP contribution >= 0.6 is 23.2 Å². The Labute approximate surface area is 222 Å². The Kier molecular flexibility index (Phi) is 8.35. The van der Waals surface area contributed by atoms with Gasteiger partial charge in [0.25, 0.3) is 0 Å². The Morgan fingerprint density at radius 1 is 1.00 bits per heavy atom. The summed E-state index contributed by atoms with van der Waals surface area (Å²) >= 11 is 11.6. The molecular formula is C16H10CaCl2N4O7S2. The fraction of sp³-hybridized carbons (Fsp3) is 0.0625. The van der Waals surface area contributed by atoms with Crippen molar-refractivity contribution < 1.29 is 31.0 Å². The van der Waals surface area contributed by atoms with Gasteiger partial charge in [0.05, 0.1) is 31.2 Å². The van der Waals surface area contributed by atoms with Crippen LogP contribution in [-0.2, 0) is 20.2 Å². The van der Waals surface area contributed by atoms with Gasteiger partial charge in [-0.3, -0.25) is 0 Å². The van der Waals surface area contributed by atoms with E-state index in [9.17, 15) is 31.0 Å². The Morgan fingerprint density at radius 3 is 2.22 bits per heavy atom. The predicted octanol–water partition coefficient (Wildman–Crippen LogP) is 3.04. The van der Waals surface area contributed by atoms with Gasteiger partial charge in [-0.15, -0.1) is 10.2 Å². The molecule has 0 atom stereocenters. The van der Waals surface area contributed by atoms with E-state index in [0.29, 0.717) is 0 Å². The van der Waals surface area contributed by atoms with Crippen LogP contribution in [0.15, 0.2) is 56.4 Å². The summed E-state index contributed by atoms with van der Waals surface area (Å²) in [6, 6.07) is 6.57. The molecule has 1 heterocycles. The van der Waals surface area contributed by atoms with Crippen LogP contribution in [0.2, 0.25) is 10.0 Å². The van der Waals surface area contributed by atoms with Crippen molar-refractivity contribution in [2.24, 2.45) is 10.2 Å². The molecule has 164 valence electrons. The number of nitrogens with zero attached hydrogens (tertiary/aromatic N) is 4. The average molecular weight is 545 g/mol. The van der Waals surface area contributed by atoms with E-state index in [1.54, 1.807) is 0 Å². The summed E-state index contributed by atoms with van der Waals surface area (Å²) in [5.41, 5.74) is -0.481. The van der Waals surface area contributed by atoms with Crippen molar-refractivity contribution in [2.45, 2.75) is 16.7 Å². The van der Waals surface area contributed by atoms with Crippen LogP contribution in [0.25, 0.3) is 5.69 Å². The zero-order valence-corrected chi connectivity index (χ0v) is 21.3. The molecule has 0 bridgehead atoms. The molecule has 0 aliphatic rings. The van der Waals surface area contributed by atoms with E-state index < -0.39 is 41.6 Å². The van der Waals surface area contributed by atoms with Gasteiger partial charge in [-0.05, 0) is 37.3 Å². The summed E-state index contributed by atoms with van der Waals surface area (Å²) in [4.78, 5) is -1.31. The van der Waals surface area contributed by atoms with Gasteiger partial charge in [0.2, 0.25) is 5.88 Å².